The third-order valence-electron chi connectivity index (χ3n) is 3.28. The molecule has 0 aliphatic heterocycles. The van der Waals surface area contributed by atoms with Crippen molar-refractivity contribution >= 4 is 28.3 Å². The normalized spacial score (nSPS) is 14.6. The number of halogens is 1. The predicted octanol–water partition coefficient (Wildman–Crippen LogP) is 2.94. The topological polar surface area (TPSA) is 43.8 Å². The number of nitrogens with zero attached hydrogens (tertiary/aromatic N) is 2. The summed E-state index contributed by atoms with van der Waals surface area (Å²) in [4.78, 5) is 4.50. The molecule has 2 aromatic rings. The Morgan fingerprint density at radius 2 is 2.06 bits per heavy atom. The second-order valence-electron chi connectivity index (χ2n) is 4.42. The molecule has 2 N–H and O–H groups in total. The zero-order chi connectivity index (χ0) is 11.8. The van der Waals surface area contributed by atoms with Crippen molar-refractivity contribution in [3.63, 3.8) is 0 Å². The van der Waals surface area contributed by atoms with Crippen LogP contribution in [-0.4, -0.2) is 9.55 Å². The van der Waals surface area contributed by atoms with Gasteiger partial charge in [-0.05, 0) is 66.5 Å². The van der Waals surface area contributed by atoms with Gasteiger partial charge in [-0.15, -0.1) is 0 Å². The monoisotopic (exact) mass is 339 g/mol. The Hall–Kier alpha value is -1.04. The van der Waals surface area contributed by atoms with E-state index in [1.165, 1.54) is 24.2 Å². The van der Waals surface area contributed by atoms with Crippen molar-refractivity contribution in [2.45, 2.75) is 25.7 Å². The second-order valence-corrected chi connectivity index (χ2v) is 5.66. The van der Waals surface area contributed by atoms with Gasteiger partial charge in [0.1, 0.15) is 0 Å². The number of aryl methyl sites for hydroxylation is 1. The van der Waals surface area contributed by atoms with E-state index in [0.717, 1.165) is 27.8 Å². The number of aromatic nitrogens is 2. The highest BCUT2D eigenvalue weighted by atomic mass is 127. The number of nitrogen functional groups attached to an aromatic ring is 1. The molecular formula is C13H14IN3. The standard InChI is InChI=1S/C13H14IN3/c14-9-5-6-12(10(15)7-9)17-8-16-11-3-1-2-4-13(11)17/h5-8H,1-4,15H2. The largest absolute Gasteiger partial charge is 0.397 e. The van der Waals surface area contributed by atoms with Gasteiger partial charge in [0.05, 0.1) is 23.4 Å². The molecule has 0 amide bonds. The van der Waals surface area contributed by atoms with E-state index in [-0.39, 0.29) is 0 Å². The number of rotatable bonds is 1. The Balaban J connectivity index is 2.12. The van der Waals surface area contributed by atoms with Crippen molar-refractivity contribution in [1.29, 1.82) is 0 Å². The van der Waals surface area contributed by atoms with Crippen molar-refractivity contribution in [2.24, 2.45) is 0 Å². The highest BCUT2D eigenvalue weighted by molar-refractivity contribution is 14.1. The first-order chi connectivity index (χ1) is 8.25. The Morgan fingerprint density at radius 1 is 1.24 bits per heavy atom. The maximum Gasteiger partial charge on any atom is 0.0998 e. The zero-order valence-electron chi connectivity index (χ0n) is 9.49. The number of benzene rings is 1. The second kappa shape index (κ2) is 4.33. The minimum absolute atomic E-state index is 0.822. The van der Waals surface area contributed by atoms with Gasteiger partial charge < -0.3 is 10.3 Å². The fraction of sp³-hybridized carbons (Fsp3) is 0.308. The van der Waals surface area contributed by atoms with E-state index in [4.69, 9.17) is 5.73 Å². The molecule has 17 heavy (non-hydrogen) atoms. The Morgan fingerprint density at radius 3 is 2.88 bits per heavy atom. The first kappa shape index (κ1) is 11.1. The maximum absolute atomic E-state index is 6.09. The first-order valence-electron chi connectivity index (χ1n) is 5.86. The molecule has 1 aromatic heterocycles. The summed E-state index contributed by atoms with van der Waals surface area (Å²) in [7, 11) is 0. The third kappa shape index (κ3) is 1.94. The zero-order valence-corrected chi connectivity index (χ0v) is 11.6. The van der Waals surface area contributed by atoms with Gasteiger partial charge >= 0.3 is 0 Å². The van der Waals surface area contributed by atoms with Crippen LogP contribution in [0.2, 0.25) is 0 Å². The molecular weight excluding hydrogens is 325 g/mol. The van der Waals surface area contributed by atoms with Crippen LogP contribution in [0.5, 0.6) is 0 Å². The maximum atomic E-state index is 6.09. The van der Waals surface area contributed by atoms with Crippen LogP contribution in [0.25, 0.3) is 5.69 Å². The van der Waals surface area contributed by atoms with Crippen molar-refractivity contribution in [3.05, 3.63) is 39.5 Å². The molecule has 3 nitrogen and oxygen atoms in total. The van der Waals surface area contributed by atoms with Crippen molar-refractivity contribution in [1.82, 2.24) is 9.55 Å². The Labute approximate surface area is 114 Å². The summed E-state index contributed by atoms with van der Waals surface area (Å²) in [5.74, 6) is 0. The van der Waals surface area contributed by atoms with E-state index >= 15 is 0 Å². The molecule has 0 unspecified atom stereocenters. The molecule has 0 atom stereocenters. The number of nitrogens with two attached hydrogens (primary N) is 1. The van der Waals surface area contributed by atoms with Gasteiger partial charge in [-0.2, -0.15) is 0 Å². The van der Waals surface area contributed by atoms with Gasteiger partial charge in [-0.1, -0.05) is 0 Å². The molecule has 0 radical (unpaired) electrons. The lowest BCUT2D eigenvalue weighted by Crippen LogP contribution is -2.08. The van der Waals surface area contributed by atoms with Crippen molar-refractivity contribution in [3.8, 4) is 5.69 Å². The lowest BCUT2D eigenvalue weighted by molar-refractivity contribution is 0.656. The predicted molar refractivity (Wildman–Crippen MR) is 77.3 cm³/mol. The van der Waals surface area contributed by atoms with Crippen LogP contribution < -0.4 is 5.73 Å². The summed E-state index contributed by atoms with van der Waals surface area (Å²) >= 11 is 2.28. The van der Waals surface area contributed by atoms with Crippen molar-refractivity contribution < 1.29 is 0 Å². The number of hydrogen-bond donors (Lipinski definition) is 1. The fourth-order valence-electron chi connectivity index (χ4n) is 2.42. The van der Waals surface area contributed by atoms with Crippen LogP contribution in [0, 0.1) is 3.57 Å². The molecule has 88 valence electrons. The number of imidazole rings is 1. The Kier molecular flexibility index (Phi) is 2.82. The van der Waals surface area contributed by atoms with Crippen LogP contribution >= 0.6 is 22.6 Å². The highest BCUT2D eigenvalue weighted by Crippen LogP contribution is 2.26. The fourth-order valence-corrected chi connectivity index (χ4v) is 2.94. The number of anilines is 1. The summed E-state index contributed by atoms with van der Waals surface area (Å²) in [6.07, 6.45) is 6.64. The summed E-state index contributed by atoms with van der Waals surface area (Å²) in [5, 5.41) is 0. The lowest BCUT2D eigenvalue weighted by atomic mass is 10.0. The smallest absolute Gasteiger partial charge is 0.0998 e. The van der Waals surface area contributed by atoms with E-state index in [2.05, 4.69) is 44.3 Å². The average molecular weight is 339 g/mol. The number of hydrogen-bond acceptors (Lipinski definition) is 2. The lowest BCUT2D eigenvalue weighted by Gasteiger charge is -2.15. The average Bonchev–Trinajstić information content (AvgIpc) is 2.73. The molecule has 1 heterocycles. The van der Waals surface area contributed by atoms with Gasteiger partial charge in [-0.3, -0.25) is 0 Å². The molecule has 0 bridgehead atoms. The summed E-state index contributed by atoms with van der Waals surface area (Å²) in [5.41, 5.74) is 10.6. The molecule has 0 fully saturated rings. The van der Waals surface area contributed by atoms with Gasteiger partial charge in [0, 0.05) is 9.26 Å². The van der Waals surface area contributed by atoms with E-state index < -0.39 is 0 Å². The Bertz CT molecular complexity index is 560. The van der Waals surface area contributed by atoms with E-state index in [1.54, 1.807) is 0 Å². The quantitative estimate of drug-likeness (QED) is 0.641. The highest BCUT2D eigenvalue weighted by Gasteiger charge is 2.16. The number of fused-ring (bicyclic) bond motifs is 1. The molecule has 0 spiro atoms. The summed E-state index contributed by atoms with van der Waals surface area (Å²) < 4.78 is 3.32. The van der Waals surface area contributed by atoms with E-state index in [1.807, 2.05) is 12.4 Å². The SMILES string of the molecule is Nc1cc(I)ccc1-n1cnc2c1CCCC2. The van der Waals surface area contributed by atoms with Crippen LogP contribution in [0.15, 0.2) is 24.5 Å². The van der Waals surface area contributed by atoms with Gasteiger partial charge in [0.2, 0.25) is 0 Å². The molecule has 4 heteroatoms. The summed E-state index contributed by atoms with van der Waals surface area (Å²) in [6.45, 7) is 0. The van der Waals surface area contributed by atoms with Crippen LogP contribution in [-0.2, 0) is 12.8 Å². The molecule has 0 saturated carbocycles. The minimum atomic E-state index is 0.822. The van der Waals surface area contributed by atoms with Crippen LogP contribution in [0.3, 0.4) is 0 Å². The van der Waals surface area contributed by atoms with Gasteiger partial charge in [0.15, 0.2) is 0 Å². The third-order valence-corrected chi connectivity index (χ3v) is 3.95. The van der Waals surface area contributed by atoms with Gasteiger partial charge in [-0.25, -0.2) is 4.98 Å². The van der Waals surface area contributed by atoms with Crippen molar-refractivity contribution in [2.75, 3.05) is 5.73 Å². The van der Waals surface area contributed by atoms with Gasteiger partial charge in [0.25, 0.3) is 0 Å². The molecule has 1 aromatic carbocycles. The van der Waals surface area contributed by atoms with Crippen LogP contribution in [0.4, 0.5) is 5.69 Å². The van der Waals surface area contributed by atoms with E-state index in [0.29, 0.717) is 0 Å². The minimum Gasteiger partial charge on any atom is -0.397 e. The van der Waals surface area contributed by atoms with Crippen LogP contribution in [0.1, 0.15) is 24.2 Å². The van der Waals surface area contributed by atoms with E-state index in [9.17, 15) is 0 Å². The molecule has 1 aliphatic rings. The molecule has 3 rings (SSSR count). The first-order valence-corrected chi connectivity index (χ1v) is 6.94. The molecule has 1 aliphatic carbocycles. The summed E-state index contributed by atoms with van der Waals surface area (Å²) in [6, 6.07) is 6.17. The molecule has 0 saturated heterocycles.